The van der Waals surface area contributed by atoms with Gasteiger partial charge < -0.3 is 5.11 Å². The number of aromatic nitrogens is 2. The Bertz CT molecular complexity index is 672. The molecule has 19 heavy (non-hydrogen) atoms. The van der Waals surface area contributed by atoms with Gasteiger partial charge in [0.25, 0.3) is 5.56 Å². The molecule has 0 fully saturated rings. The zero-order valence-corrected chi connectivity index (χ0v) is 13.2. The topological polar surface area (TPSA) is 55.1 Å². The number of hydrogen-bond donors (Lipinski definition) is 1. The molecule has 0 aromatic carbocycles. The first-order chi connectivity index (χ1) is 8.80. The standard InChI is InChI=1S/C14H15IN2O2/c1-9-8-16-12(7-11(9)15)17-6-4-5-10(13(17)18)14(2,3)19/h4-8,19H,1-3H3. The molecule has 100 valence electrons. The van der Waals surface area contributed by atoms with Crippen molar-refractivity contribution in [1.29, 1.82) is 0 Å². The molecular formula is C14H15IN2O2. The van der Waals surface area contributed by atoms with Crippen LogP contribution in [0, 0.1) is 10.5 Å². The van der Waals surface area contributed by atoms with Crippen LogP contribution in [-0.4, -0.2) is 14.7 Å². The van der Waals surface area contributed by atoms with E-state index in [1.807, 2.05) is 13.0 Å². The zero-order valence-electron chi connectivity index (χ0n) is 11.0. The lowest BCUT2D eigenvalue weighted by Gasteiger charge is -2.18. The molecule has 2 heterocycles. The van der Waals surface area contributed by atoms with E-state index in [9.17, 15) is 9.90 Å². The van der Waals surface area contributed by atoms with Gasteiger partial charge in [-0.3, -0.25) is 9.36 Å². The molecule has 0 atom stereocenters. The van der Waals surface area contributed by atoms with Gasteiger partial charge in [0.15, 0.2) is 0 Å². The third-order valence-corrected chi connectivity index (χ3v) is 4.04. The van der Waals surface area contributed by atoms with Gasteiger partial charge in [-0.15, -0.1) is 0 Å². The van der Waals surface area contributed by atoms with Crippen LogP contribution >= 0.6 is 22.6 Å². The summed E-state index contributed by atoms with van der Waals surface area (Å²) >= 11 is 2.21. The number of hydrogen-bond acceptors (Lipinski definition) is 3. The summed E-state index contributed by atoms with van der Waals surface area (Å²) in [6, 6.07) is 5.23. The van der Waals surface area contributed by atoms with Crippen LogP contribution in [0.25, 0.3) is 5.82 Å². The largest absolute Gasteiger partial charge is 0.386 e. The Labute approximate surface area is 125 Å². The van der Waals surface area contributed by atoms with Gasteiger partial charge in [-0.1, -0.05) is 0 Å². The van der Waals surface area contributed by atoms with E-state index in [-0.39, 0.29) is 5.56 Å². The van der Waals surface area contributed by atoms with E-state index in [0.29, 0.717) is 11.4 Å². The molecule has 0 amide bonds. The first-order valence-electron chi connectivity index (χ1n) is 5.88. The van der Waals surface area contributed by atoms with E-state index < -0.39 is 5.60 Å². The minimum absolute atomic E-state index is 0.248. The van der Waals surface area contributed by atoms with Crippen LogP contribution in [0.3, 0.4) is 0 Å². The number of nitrogens with zero attached hydrogens (tertiary/aromatic N) is 2. The molecule has 5 heteroatoms. The smallest absolute Gasteiger partial charge is 0.262 e. The first kappa shape index (κ1) is 14.2. The maximum absolute atomic E-state index is 12.4. The minimum atomic E-state index is -1.17. The van der Waals surface area contributed by atoms with Crippen molar-refractivity contribution in [3.8, 4) is 5.82 Å². The number of aryl methyl sites for hydroxylation is 1. The second-order valence-electron chi connectivity index (χ2n) is 4.95. The van der Waals surface area contributed by atoms with Gasteiger partial charge in [0.1, 0.15) is 5.82 Å². The summed E-state index contributed by atoms with van der Waals surface area (Å²) in [5.41, 5.74) is 0.00313. The summed E-state index contributed by atoms with van der Waals surface area (Å²) in [5, 5.41) is 10.0. The lowest BCUT2D eigenvalue weighted by molar-refractivity contribution is 0.0768. The Morgan fingerprint density at radius 1 is 1.42 bits per heavy atom. The molecule has 1 N–H and O–H groups in total. The van der Waals surface area contributed by atoms with E-state index in [1.54, 1.807) is 38.4 Å². The van der Waals surface area contributed by atoms with Gasteiger partial charge in [-0.25, -0.2) is 4.98 Å². The van der Waals surface area contributed by atoms with Crippen LogP contribution in [0.1, 0.15) is 25.0 Å². The molecule has 0 bridgehead atoms. The minimum Gasteiger partial charge on any atom is -0.386 e. The van der Waals surface area contributed by atoms with Crippen molar-refractivity contribution in [2.75, 3.05) is 0 Å². The Balaban J connectivity index is 2.64. The van der Waals surface area contributed by atoms with E-state index in [4.69, 9.17) is 0 Å². The Morgan fingerprint density at radius 3 is 2.68 bits per heavy atom. The summed E-state index contributed by atoms with van der Waals surface area (Å²) in [4.78, 5) is 16.6. The van der Waals surface area contributed by atoms with Crippen molar-refractivity contribution in [2.24, 2.45) is 0 Å². The highest BCUT2D eigenvalue weighted by atomic mass is 127. The van der Waals surface area contributed by atoms with E-state index >= 15 is 0 Å². The Morgan fingerprint density at radius 2 is 2.11 bits per heavy atom. The summed E-state index contributed by atoms with van der Waals surface area (Å²) in [6.07, 6.45) is 3.39. The van der Waals surface area contributed by atoms with Crippen molar-refractivity contribution in [2.45, 2.75) is 26.4 Å². The molecule has 2 aromatic heterocycles. The molecule has 2 rings (SSSR count). The molecular weight excluding hydrogens is 355 g/mol. The second-order valence-corrected chi connectivity index (χ2v) is 6.11. The SMILES string of the molecule is Cc1cnc(-n2cccc(C(C)(C)O)c2=O)cc1I. The van der Waals surface area contributed by atoms with Gasteiger partial charge in [-0.05, 0) is 67.1 Å². The molecule has 0 spiro atoms. The number of pyridine rings is 2. The van der Waals surface area contributed by atoms with Crippen LogP contribution < -0.4 is 5.56 Å². The molecule has 0 unspecified atom stereocenters. The predicted molar refractivity (Wildman–Crippen MR) is 82.5 cm³/mol. The fourth-order valence-electron chi connectivity index (χ4n) is 1.76. The Hall–Kier alpha value is -1.21. The Kier molecular flexibility index (Phi) is 3.78. The van der Waals surface area contributed by atoms with E-state index in [2.05, 4.69) is 27.6 Å². The lowest BCUT2D eigenvalue weighted by Crippen LogP contribution is -2.31. The summed E-state index contributed by atoms with van der Waals surface area (Å²) < 4.78 is 2.50. The van der Waals surface area contributed by atoms with Crippen LogP contribution in [0.15, 0.2) is 35.4 Å². The second kappa shape index (κ2) is 5.05. The summed E-state index contributed by atoms with van der Waals surface area (Å²) in [6.45, 7) is 5.16. The number of halogens is 1. The van der Waals surface area contributed by atoms with Crippen molar-refractivity contribution < 1.29 is 5.11 Å². The molecule has 2 aromatic rings. The average molecular weight is 370 g/mol. The molecule has 0 aliphatic heterocycles. The quantitative estimate of drug-likeness (QED) is 0.826. The van der Waals surface area contributed by atoms with Crippen LogP contribution in [0.2, 0.25) is 0 Å². The van der Waals surface area contributed by atoms with Crippen LogP contribution in [0.4, 0.5) is 0 Å². The number of aliphatic hydroxyl groups is 1. The fourth-order valence-corrected chi connectivity index (χ4v) is 2.18. The van der Waals surface area contributed by atoms with Crippen molar-refractivity contribution in [1.82, 2.24) is 9.55 Å². The van der Waals surface area contributed by atoms with E-state index in [1.165, 1.54) is 4.57 Å². The predicted octanol–water partition coefficient (Wildman–Crippen LogP) is 2.37. The molecule has 0 aliphatic rings. The third kappa shape index (κ3) is 2.87. The average Bonchev–Trinajstić information content (AvgIpc) is 2.32. The maximum atomic E-state index is 12.4. The van der Waals surface area contributed by atoms with Crippen molar-refractivity contribution in [3.63, 3.8) is 0 Å². The number of rotatable bonds is 2. The maximum Gasteiger partial charge on any atom is 0.262 e. The fraction of sp³-hybridized carbons (Fsp3) is 0.286. The highest BCUT2D eigenvalue weighted by Gasteiger charge is 2.21. The van der Waals surface area contributed by atoms with Crippen LogP contribution in [-0.2, 0) is 5.60 Å². The summed E-state index contributed by atoms with van der Waals surface area (Å²) in [5.74, 6) is 0.561. The molecule has 4 nitrogen and oxygen atoms in total. The lowest BCUT2D eigenvalue weighted by atomic mass is 10.0. The van der Waals surface area contributed by atoms with Crippen molar-refractivity contribution in [3.05, 3.63) is 55.6 Å². The molecule has 0 aliphatic carbocycles. The normalized spacial score (nSPS) is 11.6. The zero-order chi connectivity index (χ0) is 14.2. The van der Waals surface area contributed by atoms with Crippen LogP contribution in [0.5, 0.6) is 0 Å². The molecule has 0 saturated heterocycles. The first-order valence-corrected chi connectivity index (χ1v) is 6.95. The monoisotopic (exact) mass is 370 g/mol. The summed E-state index contributed by atoms with van der Waals surface area (Å²) in [7, 11) is 0. The highest BCUT2D eigenvalue weighted by Crippen LogP contribution is 2.17. The highest BCUT2D eigenvalue weighted by molar-refractivity contribution is 14.1. The van der Waals surface area contributed by atoms with Gasteiger partial charge in [-0.2, -0.15) is 0 Å². The van der Waals surface area contributed by atoms with Gasteiger partial charge in [0, 0.05) is 21.5 Å². The molecule has 0 radical (unpaired) electrons. The third-order valence-electron chi connectivity index (χ3n) is 2.88. The van der Waals surface area contributed by atoms with Gasteiger partial charge in [0.2, 0.25) is 0 Å². The van der Waals surface area contributed by atoms with Gasteiger partial charge >= 0.3 is 0 Å². The molecule has 0 saturated carbocycles. The van der Waals surface area contributed by atoms with Crippen molar-refractivity contribution >= 4 is 22.6 Å². The van der Waals surface area contributed by atoms with E-state index in [0.717, 1.165) is 9.13 Å². The van der Waals surface area contributed by atoms with Gasteiger partial charge in [0.05, 0.1) is 5.60 Å².